The lowest BCUT2D eigenvalue weighted by Gasteiger charge is -2.27. The molecule has 1 N–H and O–H groups in total. The normalized spacial score (nSPS) is 17.2. The second-order valence-electron chi connectivity index (χ2n) is 5.18. The van der Waals surface area contributed by atoms with Crippen molar-refractivity contribution < 1.29 is 9.13 Å². The van der Waals surface area contributed by atoms with E-state index in [1.165, 1.54) is 6.07 Å². The third kappa shape index (κ3) is 2.86. The van der Waals surface area contributed by atoms with E-state index in [-0.39, 0.29) is 11.9 Å². The molecule has 1 aliphatic heterocycles. The molecule has 0 aliphatic carbocycles. The van der Waals surface area contributed by atoms with Crippen LogP contribution in [0.3, 0.4) is 0 Å². The van der Waals surface area contributed by atoms with E-state index >= 15 is 0 Å². The largest absolute Gasteiger partial charge is 0.496 e. The van der Waals surface area contributed by atoms with Crippen molar-refractivity contribution in [3.8, 4) is 5.75 Å². The molecule has 0 saturated carbocycles. The molecule has 4 heteroatoms. The third-order valence-corrected chi connectivity index (χ3v) is 4.92. The molecule has 110 valence electrons. The van der Waals surface area contributed by atoms with Gasteiger partial charge in [-0.1, -0.05) is 12.1 Å². The Morgan fingerprint density at radius 3 is 2.90 bits per heavy atom. The van der Waals surface area contributed by atoms with Gasteiger partial charge in [0.1, 0.15) is 11.6 Å². The number of methoxy groups -OCH3 is 1. The van der Waals surface area contributed by atoms with Gasteiger partial charge in [-0.25, -0.2) is 4.39 Å². The van der Waals surface area contributed by atoms with Gasteiger partial charge in [-0.3, -0.25) is 0 Å². The average Bonchev–Trinajstić information content (AvgIpc) is 2.49. The highest BCUT2D eigenvalue weighted by Crippen LogP contribution is 2.39. The van der Waals surface area contributed by atoms with Gasteiger partial charge in [-0.2, -0.15) is 0 Å². The zero-order chi connectivity index (χ0) is 14.8. The van der Waals surface area contributed by atoms with Crippen LogP contribution in [0.4, 0.5) is 10.1 Å². The number of nitrogens with one attached hydrogen (secondary N) is 1. The molecule has 0 fully saturated rings. The van der Waals surface area contributed by atoms with Crippen LogP contribution in [0.25, 0.3) is 0 Å². The van der Waals surface area contributed by atoms with Crippen molar-refractivity contribution in [1.82, 2.24) is 0 Å². The van der Waals surface area contributed by atoms with Gasteiger partial charge in [-0.05, 0) is 48.7 Å². The number of hydrogen-bond donors (Lipinski definition) is 1. The molecule has 0 radical (unpaired) electrons. The first-order valence-electron chi connectivity index (χ1n) is 7.01. The lowest BCUT2D eigenvalue weighted by atomic mass is 10.0. The maximum absolute atomic E-state index is 13.9. The molecule has 2 nitrogen and oxygen atoms in total. The SMILES string of the molecule is COc1ccc(NC2CCSc3c(F)cccc32)cc1C. The summed E-state index contributed by atoms with van der Waals surface area (Å²) in [5.74, 6) is 1.70. The molecule has 0 saturated heterocycles. The zero-order valence-corrected chi connectivity index (χ0v) is 13.0. The van der Waals surface area contributed by atoms with Crippen molar-refractivity contribution in [3.63, 3.8) is 0 Å². The van der Waals surface area contributed by atoms with E-state index in [2.05, 4.69) is 11.4 Å². The van der Waals surface area contributed by atoms with Gasteiger partial charge in [0.05, 0.1) is 13.2 Å². The summed E-state index contributed by atoms with van der Waals surface area (Å²) in [6.07, 6.45) is 0.992. The second kappa shape index (κ2) is 5.98. The Morgan fingerprint density at radius 1 is 1.29 bits per heavy atom. The number of thioether (sulfide) groups is 1. The fourth-order valence-corrected chi connectivity index (χ4v) is 3.85. The van der Waals surface area contributed by atoms with Gasteiger partial charge < -0.3 is 10.1 Å². The average molecular weight is 303 g/mol. The number of aryl methyl sites for hydroxylation is 1. The van der Waals surface area contributed by atoms with Gasteiger partial charge in [0.15, 0.2) is 0 Å². The Balaban J connectivity index is 1.87. The predicted molar refractivity (Wildman–Crippen MR) is 85.8 cm³/mol. The Bertz CT molecular complexity index is 659. The molecule has 0 spiro atoms. The van der Waals surface area contributed by atoms with Crippen molar-refractivity contribution in [1.29, 1.82) is 0 Å². The van der Waals surface area contributed by atoms with E-state index in [1.807, 2.05) is 25.1 Å². The van der Waals surface area contributed by atoms with Crippen LogP contribution in [-0.2, 0) is 0 Å². The maximum Gasteiger partial charge on any atom is 0.137 e. The van der Waals surface area contributed by atoms with Crippen molar-refractivity contribution in [3.05, 3.63) is 53.3 Å². The van der Waals surface area contributed by atoms with Gasteiger partial charge in [0, 0.05) is 16.3 Å². The van der Waals surface area contributed by atoms with Gasteiger partial charge in [0.2, 0.25) is 0 Å². The minimum atomic E-state index is -0.116. The molecule has 1 unspecified atom stereocenters. The number of ether oxygens (including phenoxy) is 1. The first-order valence-corrected chi connectivity index (χ1v) is 8.00. The van der Waals surface area contributed by atoms with Crippen LogP contribution < -0.4 is 10.1 Å². The van der Waals surface area contributed by atoms with E-state index in [0.717, 1.165) is 39.6 Å². The highest BCUT2D eigenvalue weighted by Gasteiger charge is 2.23. The van der Waals surface area contributed by atoms with Crippen molar-refractivity contribution in [2.24, 2.45) is 0 Å². The van der Waals surface area contributed by atoms with Crippen LogP contribution in [0.1, 0.15) is 23.6 Å². The molecule has 2 aromatic carbocycles. The van der Waals surface area contributed by atoms with E-state index in [9.17, 15) is 4.39 Å². The minimum Gasteiger partial charge on any atom is -0.496 e. The van der Waals surface area contributed by atoms with Crippen LogP contribution in [0.2, 0.25) is 0 Å². The fraction of sp³-hybridized carbons (Fsp3) is 0.294. The fourth-order valence-electron chi connectivity index (χ4n) is 2.71. The smallest absolute Gasteiger partial charge is 0.137 e. The Hall–Kier alpha value is -1.68. The van der Waals surface area contributed by atoms with Crippen LogP contribution in [-0.4, -0.2) is 12.9 Å². The number of anilines is 1. The monoisotopic (exact) mass is 303 g/mol. The first kappa shape index (κ1) is 14.3. The van der Waals surface area contributed by atoms with E-state index in [4.69, 9.17) is 4.74 Å². The maximum atomic E-state index is 13.9. The summed E-state index contributed by atoms with van der Waals surface area (Å²) in [4.78, 5) is 0.784. The Morgan fingerprint density at radius 2 is 2.14 bits per heavy atom. The van der Waals surface area contributed by atoms with E-state index in [1.54, 1.807) is 24.9 Å². The predicted octanol–water partition coefficient (Wildman–Crippen LogP) is 4.79. The first-order chi connectivity index (χ1) is 10.2. The zero-order valence-electron chi connectivity index (χ0n) is 12.2. The summed E-state index contributed by atoms with van der Waals surface area (Å²) < 4.78 is 19.2. The number of benzene rings is 2. The minimum absolute atomic E-state index is 0.116. The van der Waals surface area contributed by atoms with Gasteiger partial charge >= 0.3 is 0 Å². The van der Waals surface area contributed by atoms with Crippen molar-refractivity contribution in [2.75, 3.05) is 18.2 Å². The molecule has 0 aromatic heterocycles. The highest BCUT2D eigenvalue weighted by atomic mass is 32.2. The Kier molecular flexibility index (Phi) is 4.06. The summed E-state index contributed by atoms with van der Waals surface area (Å²) in [6, 6.07) is 11.5. The van der Waals surface area contributed by atoms with Crippen LogP contribution in [0.15, 0.2) is 41.3 Å². The summed E-state index contributed by atoms with van der Waals surface area (Å²) in [5.41, 5.74) is 3.19. The Labute approximate surface area is 128 Å². The van der Waals surface area contributed by atoms with E-state index < -0.39 is 0 Å². The summed E-state index contributed by atoms with van der Waals surface area (Å²) in [6.45, 7) is 2.02. The lowest BCUT2D eigenvalue weighted by Crippen LogP contribution is -2.16. The van der Waals surface area contributed by atoms with Crippen molar-refractivity contribution >= 4 is 17.4 Å². The standard InChI is InChI=1S/C17H18FNOS/c1-11-10-12(6-7-16(11)20-2)19-15-8-9-21-17-13(15)4-3-5-14(17)18/h3-7,10,15,19H,8-9H2,1-2H3. The molecular formula is C17H18FNOS. The van der Waals surface area contributed by atoms with Crippen LogP contribution >= 0.6 is 11.8 Å². The van der Waals surface area contributed by atoms with Gasteiger partial charge in [-0.15, -0.1) is 11.8 Å². The molecule has 1 heterocycles. The quantitative estimate of drug-likeness (QED) is 0.880. The molecule has 0 amide bonds. The number of rotatable bonds is 3. The summed E-state index contributed by atoms with van der Waals surface area (Å²) in [5, 5.41) is 3.52. The number of hydrogen-bond acceptors (Lipinski definition) is 3. The molecule has 1 atom stereocenters. The summed E-state index contributed by atoms with van der Waals surface area (Å²) >= 11 is 1.60. The third-order valence-electron chi connectivity index (χ3n) is 3.76. The van der Waals surface area contributed by atoms with E-state index in [0.29, 0.717) is 0 Å². The van der Waals surface area contributed by atoms with Crippen LogP contribution in [0.5, 0.6) is 5.75 Å². The number of fused-ring (bicyclic) bond motifs is 1. The molecule has 2 aromatic rings. The second-order valence-corrected chi connectivity index (χ2v) is 6.28. The van der Waals surface area contributed by atoms with Crippen molar-refractivity contribution in [2.45, 2.75) is 24.3 Å². The molecule has 3 rings (SSSR count). The van der Waals surface area contributed by atoms with Crippen LogP contribution in [0, 0.1) is 12.7 Å². The molecule has 21 heavy (non-hydrogen) atoms. The molecular weight excluding hydrogens is 285 g/mol. The molecule has 0 bridgehead atoms. The highest BCUT2D eigenvalue weighted by molar-refractivity contribution is 7.99. The molecule has 1 aliphatic rings. The lowest BCUT2D eigenvalue weighted by molar-refractivity contribution is 0.412. The van der Waals surface area contributed by atoms with Gasteiger partial charge in [0.25, 0.3) is 0 Å². The summed E-state index contributed by atoms with van der Waals surface area (Å²) in [7, 11) is 1.67. The topological polar surface area (TPSA) is 21.3 Å². The number of halogens is 1.